The van der Waals surface area contributed by atoms with Crippen molar-refractivity contribution in [2.45, 2.75) is 32.7 Å². The molecule has 3 nitrogen and oxygen atoms in total. The Labute approximate surface area is 118 Å². The summed E-state index contributed by atoms with van der Waals surface area (Å²) in [4.78, 5) is 11.4. The quantitative estimate of drug-likeness (QED) is 0.783. The van der Waals surface area contributed by atoms with Crippen molar-refractivity contribution in [3.05, 3.63) is 35.4 Å². The highest BCUT2D eigenvalue weighted by atomic mass is 19.1. The van der Waals surface area contributed by atoms with E-state index in [2.05, 4.69) is 10.1 Å². The average molecular weight is 285 g/mol. The number of esters is 1. The molecule has 1 aromatic rings. The first-order chi connectivity index (χ1) is 9.42. The minimum atomic E-state index is -0.484. The largest absolute Gasteiger partial charge is 0.469 e. The molecule has 0 spiro atoms. The fourth-order valence-corrected chi connectivity index (χ4v) is 1.87. The molecule has 1 N–H and O–H groups in total. The number of carbonyl (C=O) groups excluding carboxylic acids is 1. The van der Waals surface area contributed by atoms with Gasteiger partial charge in [0.15, 0.2) is 0 Å². The van der Waals surface area contributed by atoms with E-state index >= 15 is 0 Å². The van der Waals surface area contributed by atoms with Crippen molar-refractivity contribution in [2.24, 2.45) is 5.92 Å². The van der Waals surface area contributed by atoms with Gasteiger partial charge in [-0.25, -0.2) is 8.78 Å². The Kier molecular flexibility index (Phi) is 6.58. The number of rotatable bonds is 7. The molecule has 0 fully saturated rings. The molecule has 0 heterocycles. The summed E-state index contributed by atoms with van der Waals surface area (Å²) < 4.78 is 31.4. The van der Waals surface area contributed by atoms with Crippen LogP contribution in [0.4, 0.5) is 8.78 Å². The number of carbonyl (C=O) groups is 1. The first-order valence-electron chi connectivity index (χ1n) is 6.66. The summed E-state index contributed by atoms with van der Waals surface area (Å²) in [6.07, 6.45) is 0.366. The predicted molar refractivity (Wildman–Crippen MR) is 73.3 cm³/mol. The maximum absolute atomic E-state index is 13.6. The van der Waals surface area contributed by atoms with E-state index in [1.807, 2.05) is 13.8 Å². The fraction of sp³-hybridized carbons (Fsp3) is 0.533. The van der Waals surface area contributed by atoms with Crippen LogP contribution in [0.25, 0.3) is 0 Å². The molecule has 0 saturated carbocycles. The maximum Gasteiger partial charge on any atom is 0.307 e. The highest BCUT2D eigenvalue weighted by molar-refractivity contribution is 5.70. The van der Waals surface area contributed by atoms with Gasteiger partial charge in [-0.05, 0) is 42.6 Å². The van der Waals surface area contributed by atoms with E-state index in [-0.39, 0.29) is 30.4 Å². The maximum atomic E-state index is 13.6. The monoisotopic (exact) mass is 285 g/mol. The van der Waals surface area contributed by atoms with Gasteiger partial charge in [0, 0.05) is 6.04 Å². The fourth-order valence-electron chi connectivity index (χ4n) is 1.87. The molecule has 0 bridgehead atoms. The lowest BCUT2D eigenvalue weighted by Crippen LogP contribution is -2.36. The van der Waals surface area contributed by atoms with Crippen molar-refractivity contribution >= 4 is 5.97 Å². The van der Waals surface area contributed by atoms with Gasteiger partial charge in [0.05, 0.1) is 13.5 Å². The summed E-state index contributed by atoms with van der Waals surface area (Å²) in [7, 11) is 1.31. The van der Waals surface area contributed by atoms with Crippen LogP contribution in [0.2, 0.25) is 0 Å². The van der Waals surface area contributed by atoms with Gasteiger partial charge in [0.25, 0.3) is 0 Å². The Hall–Kier alpha value is -1.49. The van der Waals surface area contributed by atoms with E-state index in [1.165, 1.54) is 7.11 Å². The minimum Gasteiger partial charge on any atom is -0.469 e. The Morgan fingerprint density at radius 3 is 2.65 bits per heavy atom. The highest BCUT2D eigenvalue weighted by Crippen LogP contribution is 2.14. The molecule has 20 heavy (non-hydrogen) atoms. The van der Waals surface area contributed by atoms with Crippen LogP contribution in [-0.4, -0.2) is 25.7 Å². The number of hydrogen-bond donors (Lipinski definition) is 1. The summed E-state index contributed by atoms with van der Waals surface area (Å²) in [6, 6.07) is 3.07. The lowest BCUT2D eigenvalue weighted by atomic mass is 10.0. The number of methoxy groups -OCH3 is 1. The van der Waals surface area contributed by atoms with Crippen LogP contribution in [0.5, 0.6) is 0 Å². The normalized spacial score (nSPS) is 12.5. The van der Waals surface area contributed by atoms with E-state index < -0.39 is 11.6 Å². The first-order valence-corrected chi connectivity index (χ1v) is 6.66. The van der Waals surface area contributed by atoms with Gasteiger partial charge in [-0.2, -0.15) is 0 Å². The lowest BCUT2D eigenvalue weighted by molar-refractivity contribution is -0.141. The third-order valence-corrected chi connectivity index (χ3v) is 2.93. The van der Waals surface area contributed by atoms with Gasteiger partial charge in [-0.1, -0.05) is 13.8 Å². The molecule has 0 aromatic heterocycles. The van der Waals surface area contributed by atoms with Crippen molar-refractivity contribution in [2.75, 3.05) is 13.7 Å². The molecule has 0 amide bonds. The molecule has 112 valence electrons. The van der Waals surface area contributed by atoms with Gasteiger partial charge >= 0.3 is 5.97 Å². The standard InChI is InChI=1S/C15H21F2NO2/c1-10(2)9-18-13(8-15(19)20-3)7-11-6-12(16)4-5-14(11)17/h4-6,10,13,18H,7-9H2,1-3H3. The van der Waals surface area contributed by atoms with Gasteiger partial charge in [-0.3, -0.25) is 4.79 Å². The van der Waals surface area contributed by atoms with Crippen molar-refractivity contribution in [1.82, 2.24) is 5.32 Å². The van der Waals surface area contributed by atoms with E-state index in [0.29, 0.717) is 12.5 Å². The van der Waals surface area contributed by atoms with Crippen LogP contribution in [-0.2, 0) is 16.0 Å². The number of hydrogen-bond acceptors (Lipinski definition) is 3. The topological polar surface area (TPSA) is 38.3 Å². The van der Waals surface area contributed by atoms with Gasteiger partial charge in [0.1, 0.15) is 11.6 Å². The summed E-state index contributed by atoms with van der Waals surface area (Å²) in [5.41, 5.74) is 0.259. The Morgan fingerprint density at radius 2 is 2.05 bits per heavy atom. The molecule has 0 aliphatic heterocycles. The van der Waals surface area contributed by atoms with Gasteiger partial charge in [0.2, 0.25) is 0 Å². The summed E-state index contributed by atoms with van der Waals surface area (Å²) >= 11 is 0. The molecular formula is C15H21F2NO2. The molecule has 0 aliphatic carbocycles. The Morgan fingerprint density at radius 1 is 1.35 bits per heavy atom. The molecule has 0 radical (unpaired) electrons. The smallest absolute Gasteiger partial charge is 0.307 e. The second-order valence-electron chi connectivity index (χ2n) is 5.22. The van der Waals surface area contributed by atoms with Crippen LogP contribution in [0.15, 0.2) is 18.2 Å². The zero-order valence-corrected chi connectivity index (χ0v) is 12.1. The van der Waals surface area contributed by atoms with Crippen LogP contribution < -0.4 is 5.32 Å². The molecule has 1 aromatic carbocycles. The van der Waals surface area contributed by atoms with E-state index in [1.54, 1.807) is 0 Å². The van der Waals surface area contributed by atoms with E-state index in [0.717, 1.165) is 18.2 Å². The van der Waals surface area contributed by atoms with Crippen molar-refractivity contribution in [1.29, 1.82) is 0 Å². The van der Waals surface area contributed by atoms with Crippen molar-refractivity contribution in [3.63, 3.8) is 0 Å². The molecular weight excluding hydrogens is 264 g/mol. The number of halogens is 2. The molecule has 5 heteroatoms. The van der Waals surface area contributed by atoms with E-state index in [9.17, 15) is 13.6 Å². The van der Waals surface area contributed by atoms with Crippen LogP contribution in [0, 0.1) is 17.6 Å². The van der Waals surface area contributed by atoms with Crippen LogP contribution in [0.3, 0.4) is 0 Å². The summed E-state index contributed by atoms with van der Waals surface area (Å²) in [5.74, 6) is -0.926. The third-order valence-electron chi connectivity index (χ3n) is 2.93. The third kappa shape index (κ3) is 5.65. The van der Waals surface area contributed by atoms with Crippen molar-refractivity contribution < 1.29 is 18.3 Å². The van der Waals surface area contributed by atoms with E-state index in [4.69, 9.17) is 0 Å². The molecule has 1 atom stereocenters. The number of ether oxygens (including phenoxy) is 1. The zero-order chi connectivity index (χ0) is 15.1. The van der Waals surface area contributed by atoms with Gasteiger partial charge < -0.3 is 10.1 Å². The highest BCUT2D eigenvalue weighted by Gasteiger charge is 2.17. The number of nitrogens with one attached hydrogen (secondary N) is 1. The molecule has 0 saturated heterocycles. The summed E-state index contributed by atoms with van der Waals surface area (Å²) in [6.45, 7) is 4.76. The molecule has 0 aliphatic rings. The molecule has 1 unspecified atom stereocenters. The van der Waals surface area contributed by atoms with Gasteiger partial charge in [-0.15, -0.1) is 0 Å². The second kappa shape index (κ2) is 7.94. The zero-order valence-electron chi connectivity index (χ0n) is 12.1. The lowest BCUT2D eigenvalue weighted by Gasteiger charge is -2.19. The average Bonchev–Trinajstić information content (AvgIpc) is 2.39. The predicted octanol–water partition coefficient (Wildman–Crippen LogP) is 2.68. The Balaban J connectivity index is 2.76. The minimum absolute atomic E-state index is 0.124. The first kappa shape index (κ1) is 16.6. The SMILES string of the molecule is COC(=O)CC(Cc1cc(F)ccc1F)NCC(C)C. The summed E-state index contributed by atoms with van der Waals surface area (Å²) in [5, 5.41) is 3.19. The Bertz CT molecular complexity index is 449. The van der Waals surface area contributed by atoms with Crippen LogP contribution >= 0.6 is 0 Å². The second-order valence-corrected chi connectivity index (χ2v) is 5.22. The number of benzene rings is 1. The van der Waals surface area contributed by atoms with Crippen molar-refractivity contribution in [3.8, 4) is 0 Å². The van der Waals surface area contributed by atoms with Crippen LogP contribution in [0.1, 0.15) is 25.8 Å². The molecule has 1 rings (SSSR count).